The van der Waals surface area contributed by atoms with E-state index in [4.69, 9.17) is 0 Å². The number of rotatable bonds is 1. The Hall–Kier alpha value is -1.83. The number of carbonyl (C=O) groups is 1. The molecule has 1 spiro atoms. The molecule has 0 saturated carbocycles. The third kappa shape index (κ3) is 3.12. The summed E-state index contributed by atoms with van der Waals surface area (Å²) in [5.74, 6) is -0.499. The smallest absolute Gasteiger partial charge is 0.338 e. The Morgan fingerprint density at radius 1 is 1.17 bits per heavy atom. The first kappa shape index (κ1) is 16.0. The number of hydrogen-bond acceptors (Lipinski definition) is 3. The summed E-state index contributed by atoms with van der Waals surface area (Å²) < 4.78 is 37.7. The van der Waals surface area contributed by atoms with Gasteiger partial charge in [0.15, 0.2) is 0 Å². The fourth-order valence-corrected chi connectivity index (χ4v) is 3.38. The van der Waals surface area contributed by atoms with Gasteiger partial charge in [-0.3, -0.25) is 9.59 Å². The second-order valence-corrected chi connectivity index (χ2v) is 6.33. The molecule has 2 saturated heterocycles. The van der Waals surface area contributed by atoms with Crippen LogP contribution in [0.25, 0.3) is 0 Å². The van der Waals surface area contributed by atoms with Crippen molar-refractivity contribution in [3.63, 3.8) is 0 Å². The maximum atomic E-state index is 12.6. The molecule has 0 atom stereocenters. The lowest BCUT2D eigenvalue weighted by atomic mass is 9.78. The summed E-state index contributed by atoms with van der Waals surface area (Å²) in [5, 5.41) is 3.32. The zero-order valence-electron chi connectivity index (χ0n) is 12.5. The normalized spacial score (nSPS) is 20.9. The highest BCUT2D eigenvalue weighted by molar-refractivity contribution is 5.93. The van der Waals surface area contributed by atoms with E-state index in [-0.39, 0.29) is 11.0 Å². The Labute approximate surface area is 130 Å². The molecule has 3 heterocycles. The number of nitrogens with zero attached hydrogens (tertiary/aromatic N) is 1. The number of carbonyl (C=O) groups excluding carboxylic acids is 1. The maximum Gasteiger partial charge on any atom is 0.431 e. The molecule has 2 aliphatic rings. The minimum atomic E-state index is -4.63. The van der Waals surface area contributed by atoms with Crippen LogP contribution in [0.2, 0.25) is 0 Å². The van der Waals surface area contributed by atoms with Gasteiger partial charge in [0, 0.05) is 19.6 Å². The third-order valence-corrected chi connectivity index (χ3v) is 4.89. The van der Waals surface area contributed by atoms with Crippen molar-refractivity contribution in [1.29, 1.82) is 0 Å². The average molecular weight is 329 g/mol. The SMILES string of the molecule is O=C(c1ccc(C(F)(F)F)[nH]c1=O)N1CCC2(CCNC2)CC1. The number of hydrogen-bond donors (Lipinski definition) is 2. The van der Waals surface area contributed by atoms with E-state index in [1.165, 1.54) is 0 Å². The summed E-state index contributed by atoms with van der Waals surface area (Å²) in [4.78, 5) is 27.5. The zero-order valence-corrected chi connectivity index (χ0v) is 12.5. The van der Waals surface area contributed by atoms with E-state index >= 15 is 0 Å². The van der Waals surface area contributed by atoms with Gasteiger partial charge >= 0.3 is 6.18 Å². The topological polar surface area (TPSA) is 65.2 Å². The van der Waals surface area contributed by atoms with Crippen molar-refractivity contribution in [3.8, 4) is 0 Å². The summed E-state index contributed by atoms with van der Waals surface area (Å²) in [7, 11) is 0. The monoisotopic (exact) mass is 329 g/mol. The molecule has 126 valence electrons. The molecule has 1 aromatic heterocycles. The minimum Gasteiger partial charge on any atom is -0.338 e. The predicted octanol–water partition coefficient (Wildman–Crippen LogP) is 1.61. The van der Waals surface area contributed by atoms with E-state index in [0.717, 1.165) is 44.5 Å². The number of aromatic nitrogens is 1. The highest BCUT2D eigenvalue weighted by Gasteiger charge is 2.39. The molecule has 0 aromatic carbocycles. The molecular formula is C15H18F3N3O2. The Morgan fingerprint density at radius 2 is 1.87 bits per heavy atom. The number of piperidine rings is 1. The summed E-state index contributed by atoms with van der Waals surface area (Å²) in [6.45, 7) is 2.98. The first-order chi connectivity index (χ1) is 10.8. The van der Waals surface area contributed by atoms with Crippen molar-refractivity contribution >= 4 is 5.91 Å². The zero-order chi connectivity index (χ0) is 16.7. The maximum absolute atomic E-state index is 12.6. The van der Waals surface area contributed by atoms with Crippen LogP contribution >= 0.6 is 0 Å². The Balaban J connectivity index is 1.73. The van der Waals surface area contributed by atoms with Crippen LogP contribution < -0.4 is 10.9 Å². The number of nitrogens with one attached hydrogen (secondary N) is 2. The van der Waals surface area contributed by atoms with Crippen LogP contribution in [-0.4, -0.2) is 42.0 Å². The fraction of sp³-hybridized carbons (Fsp3) is 0.600. The molecule has 3 rings (SSSR count). The summed E-state index contributed by atoms with van der Waals surface area (Å²) in [6.07, 6.45) is -1.85. The first-order valence-corrected chi connectivity index (χ1v) is 7.61. The van der Waals surface area contributed by atoms with Crippen LogP contribution in [0.5, 0.6) is 0 Å². The fourth-order valence-electron chi connectivity index (χ4n) is 3.38. The van der Waals surface area contributed by atoms with E-state index in [9.17, 15) is 22.8 Å². The number of alkyl halides is 3. The van der Waals surface area contributed by atoms with Gasteiger partial charge in [-0.2, -0.15) is 13.2 Å². The molecule has 0 radical (unpaired) electrons. The predicted molar refractivity (Wildman–Crippen MR) is 77.1 cm³/mol. The average Bonchev–Trinajstić information content (AvgIpc) is 2.94. The van der Waals surface area contributed by atoms with Crippen molar-refractivity contribution in [2.24, 2.45) is 5.41 Å². The van der Waals surface area contributed by atoms with Crippen LogP contribution in [0.15, 0.2) is 16.9 Å². The van der Waals surface area contributed by atoms with Gasteiger partial charge < -0.3 is 15.2 Å². The summed E-state index contributed by atoms with van der Waals surface area (Å²) >= 11 is 0. The quantitative estimate of drug-likeness (QED) is 0.823. The second kappa shape index (κ2) is 5.67. The van der Waals surface area contributed by atoms with E-state index in [0.29, 0.717) is 13.1 Å². The highest BCUT2D eigenvalue weighted by atomic mass is 19.4. The van der Waals surface area contributed by atoms with Gasteiger partial charge in [-0.1, -0.05) is 0 Å². The van der Waals surface area contributed by atoms with Crippen LogP contribution in [0, 0.1) is 5.41 Å². The summed E-state index contributed by atoms with van der Waals surface area (Å²) in [5.41, 5.74) is -2.15. The lowest BCUT2D eigenvalue weighted by Crippen LogP contribution is -2.45. The molecule has 2 N–H and O–H groups in total. The second-order valence-electron chi connectivity index (χ2n) is 6.33. The molecule has 5 nitrogen and oxygen atoms in total. The van der Waals surface area contributed by atoms with E-state index in [2.05, 4.69) is 5.32 Å². The largest absolute Gasteiger partial charge is 0.431 e. The van der Waals surface area contributed by atoms with Crippen LogP contribution in [-0.2, 0) is 6.18 Å². The molecule has 1 amide bonds. The first-order valence-electron chi connectivity index (χ1n) is 7.61. The Kier molecular flexibility index (Phi) is 3.95. The Bertz CT molecular complexity index is 653. The van der Waals surface area contributed by atoms with E-state index < -0.39 is 23.3 Å². The lowest BCUT2D eigenvalue weighted by Gasteiger charge is -2.38. The number of H-pyrrole nitrogens is 1. The van der Waals surface area contributed by atoms with Crippen molar-refractivity contribution in [2.75, 3.05) is 26.2 Å². The van der Waals surface area contributed by atoms with Gasteiger partial charge in [0.25, 0.3) is 11.5 Å². The van der Waals surface area contributed by atoms with Crippen LogP contribution in [0.4, 0.5) is 13.2 Å². The van der Waals surface area contributed by atoms with Gasteiger partial charge in [0.1, 0.15) is 11.3 Å². The van der Waals surface area contributed by atoms with Gasteiger partial charge in [-0.15, -0.1) is 0 Å². The molecule has 8 heteroatoms. The van der Waals surface area contributed by atoms with Gasteiger partial charge in [-0.05, 0) is 43.4 Å². The van der Waals surface area contributed by atoms with Gasteiger partial charge in [0.05, 0.1) is 0 Å². The van der Waals surface area contributed by atoms with E-state index in [1.54, 1.807) is 9.88 Å². The molecule has 2 aliphatic heterocycles. The number of aromatic amines is 1. The number of likely N-dealkylation sites (tertiary alicyclic amines) is 1. The van der Waals surface area contributed by atoms with Gasteiger partial charge in [0.2, 0.25) is 0 Å². The molecule has 0 aliphatic carbocycles. The Morgan fingerprint density at radius 3 is 2.39 bits per heavy atom. The third-order valence-electron chi connectivity index (χ3n) is 4.89. The number of halogens is 3. The molecule has 0 bridgehead atoms. The van der Waals surface area contributed by atoms with E-state index in [1.807, 2.05) is 0 Å². The standard InChI is InChI=1S/C15H18F3N3O2/c16-15(17,18)11-2-1-10(12(22)20-11)13(23)21-7-4-14(5-8-21)3-6-19-9-14/h1-2,19H,3-9H2,(H,20,22). The van der Waals surface area contributed by atoms with Crippen LogP contribution in [0.1, 0.15) is 35.3 Å². The number of amides is 1. The molecule has 23 heavy (non-hydrogen) atoms. The van der Waals surface area contributed by atoms with Crippen molar-refractivity contribution < 1.29 is 18.0 Å². The highest BCUT2D eigenvalue weighted by Crippen LogP contribution is 2.37. The summed E-state index contributed by atoms with van der Waals surface area (Å²) in [6, 6.07) is 1.70. The van der Waals surface area contributed by atoms with Crippen molar-refractivity contribution in [3.05, 3.63) is 33.7 Å². The van der Waals surface area contributed by atoms with Crippen LogP contribution in [0.3, 0.4) is 0 Å². The molecule has 1 aromatic rings. The number of pyridine rings is 1. The molecule has 0 unspecified atom stereocenters. The molecular weight excluding hydrogens is 311 g/mol. The van der Waals surface area contributed by atoms with Crippen molar-refractivity contribution in [2.45, 2.75) is 25.4 Å². The minimum absolute atomic E-state index is 0.226. The lowest BCUT2D eigenvalue weighted by molar-refractivity contribution is -0.141. The molecule has 2 fully saturated rings. The van der Waals surface area contributed by atoms with Gasteiger partial charge in [-0.25, -0.2) is 0 Å². The van der Waals surface area contributed by atoms with Crippen molar-refractivity contribution in [1.82, 2.24) is 15.2 Å².